The molecule has 1 amide bonds. The highest BCUT2D eigenvalue weighted by Gasteiger charge is 2.23. The molecule has 4 aromatic rings. The number of rotatable bonds is 6. The lowest BCUT2D eigenvalue weighted by Gasteiger charge is -2.17. The third-order valence-corrected chi connectivity index (χ3v) is 5.95. The second-order valence-corrected chi connectivity index (χ2v) is 8.45. The van der Waals surface area contributed by atoms with Gasteiger partial charge in [0.25, 0.3) is 5.91 Å². The Bertz CT molecular complexity index is 1300. The molecule has 4 aromatic heterocycles. The topological polar surface area (TPSA) is 99.2 Å². The number of ether oxygens (including phenoxy) is 1. The van der Waals surface area contributed by atoms with Crippen LogP contribution in [0.1, 0.15) is 58.2 Å². The van der Waals surface area contributed by atoms with Gasteiger partial charge in [-0.1, -0.05) is 11.3 Å². The largest absolute Gasteiger partial charge is 0.493 e. The lowest BCUT2D eigenvalue weighted by Crippen LogP contribution is -2.24. The summed E-state index contributed by atoms with van der Waals surface area (Å²) in [6.07, 6.45) is 12.2. The fourth-order valence-corrected chi connectivity index (χ4v) is 4.07. The van der Waals surface area contributed by atoms with Gasteiger partial charge in [-0.15, -0.1) is 5.10 Å². The Hall–Kier alpha value is -3.75. The molecule has 0 unspecified atom stereocenters. The van der Waals surface area contributed by atoms with Crippen LogP contribution in [0.5, 0.6) is 5.75 Å². The number of imidazole rings is 1. The van der Waals surface area contributed by atoms with E-state index in [2.05, 4.69) is 48.3 Å². The maximum Gasteiger partial charge on any atom is 0.273 e. The first-order valence-electron chi connectivity index (χ1n) is 11.0. The zero-order valence-corrected chi connectivity index (χ0v) is 17.6. The van der Waals surface area contributed by atoms with E-state index >= 15 is 0 Å². The summed E-state index contributed by atoms with van der Waals surface area (Å²) < 4.78 is 9.36. The number of fused-ring (bicyclic) bond motifs is 2. The third kappa shape index (κ3) is 3.81. The number of nitrogens with zero attached hydrogens (tertiary/aromatic N) is 6. The van der Waals surface area contributed by atoms with E-state index in [0.29, 0.717) is 19.0 Å². The Labute approximate surface area is 184 Å². The predicted molar refractivity (Wildman–Crippen MR) is 116 cm³/mol. The molecule has 5 heterocycles. The lowest BCUT2D eigenvalue weighted by molar-refractivity contribution is 0.0945. The molecule has 0 atom stereocenters. The van der Waals surface area contributed by atoms with Crippen molar-refractivity contribution in [3.8, 4) is 5.75 Å². The molecule has 0 saturated heterocycles. The summed E-state index contributed by atoms with van der Waals surface area (Å²) in [7, 11) is 0. The molecule has 1 N–H and O–H groups in total. The number of carbonyl (C=O) groups excluding carboxylic acids is 1. The van der Waals surface area contributed by atoms with Crippen molar-refractivity contribution in [2.45, 2.75) is 44.7 Å². The molecular formula is C23H23N7O2. The van der Waals surface area contributed by atoms with Crippen LogP contribution in [0.2, 0.25) is 0 Å². The molecular weight excluding hydrogens is 406 g/mol. The van der Waals surface area contributed by atoms with Gasteiger partial charge in [-0.25, -0.2) is 9.67 Å². The highest BCUT2D eigenvalue weighted by atomic mass is 16.5. The molecule has 0 radical (unpaired) electrons. The van der Waals surface area contributed by atoms with Crippen LogP contribution in [0, 0.1) is 0 Å². The first-order chi connectivity index (χ1) is 15.7. The van der Waals surface area contributed by atoms with E-state index in [0.717, 1.165) is 47.8 Å². The van der Waals surface area contributed by atoms with Gasteiger partial charge in [-0.05, 0) is 43.2 Å². The van der Waals surface area contributed by atoms with Gasteiger partial charge < -0.3 is 14.5 Å². The van der Waals surface area contributed by atoms with Crippen molar-refractivity contribution < 1.29 is 9.53 Å². The van der Waals surface area contributed by atoms with E-state index in [1.165, 1.54) is 18.4 Å². The summed E-state index contributed by atoms with van der Waals surface area (Å²) in [5.41, 5.74) is 5.27. The van der Waals surface area contributed by atoms with Crippen LogP contribution in [-0.4, -0.2) is 41.9 Å². The Morgan fingerprint density at radius 1 is 1.19 bits per heavy atom. The number of aryl methyl sites for hydroxylation is 1. The number of pyridine rings is 2. The van der Waals surface area contributed by atoms with Crippen molar-refractivity contribution in [2.24, 2.45) is 0 Å². The zero-order chi connectivity index (χ0) is 21.5. The van der Waals surface area contributed by atoms with Gasteiger partial charge in [0.05, 0.1) is 37.3 Å². The standard InChI is InChI=1S/C23H23N7O2/c31-23(25-10-18-8-21-16(9-24-18)2-1-7-32-21)20-14-30(28-27-20)13-19-12-29-11-17(15-3-4-15)5-6-22(29)26-19/h5-6,8-9,11-12,14-15H,1-4,7,10,13H2,(H,25,31). The molecule has 0 spiro atoms. The number of hydrogen-bond acceptors (Lipinski definition) is 6. The minimum Gasteiger partial charge on any atom is -0.493 e. The molecule has 0 bridgehead atoms. The van der Waals surface area contributed by atoms with E-state index in [1.54, 1.807) is 10.9 Å². The minimum atomic E-state index is -0.291. The normalized spacial score (nSPS) is 15.4. The lowest BCUT2D eigenvalue weighted by atomic mass is 10.1. The fraction of sp³-hybridized carbons (Fsp3) is 0.348. The summed E-state index contributed by atoms with van der Waals surface area (Å²) in [5.74, 6) is 1.27. The average molecular weight is 429 g/mol. The monoisotopic (exact) mass is 429 g/mol. The summed E-state index contributed by atoms with van der Waals surface area (Å²) in [6, 6.07) is 6.10. The summed E-state index contributed by atoms with van der Waals surface area (Å²) >= 11 is 0. The van der Waals surface area contributed by atoms with Gasteiger partial charge in [0.1, 0.15) is 11.4 Å². The van der Waals surface area contributed by atoms with Crippen molar-refractivity contribution in [2.75, 3.05) is 6.61 Å². The molecule has 0 aromatic carbocycles. The Morgan fingerprint density at radius 2 is 2.12 bits per heavy atom. The molecule has 1 aliphatic heterocycles. The molecule has 1 fully saturated rings. The van der Waals surface area contributed by atoms with E-state index in [9.17, 15) is 4.79 Å². The molecule has 32 heavy (non-hydrogen) atoms. The van der Waals surface area contributed by atoms with Crippen LogP contribution in [0.4, 0.5) is 0 Å². The summed E-state index contributed by atoms with van der Waals surface area (Å²) in [5, 5.41) is 11.0. The Morgan fingerprint density at radius 3 is 3.03 bits per heavy atom. The number of nitrogens with one attached hydrogen (secondary N) is 1. The van der Waals surface area contributed by atoms with Gasteiger partial charge in [-0.2, -0.15) is 0 Å². The second-order valence-electron chi connectivity index (χ2n) is 8.45. The third-order valence-electron chi connectivity index (χ3n) is 5.95. The van der Waals surface area contributed by atoms with Gasteiger partial charge in [0, 0.05) is 30.2 Å². The second kappa shape index (κ2) is 7.74. The van der Waals surface area contributed by atoms with Crippen molar-refractivity contribution in [1.82, 2.24) is 34.7 Å². The maximum absolute atomic E-state index is 12.5. The van der Waals surface area contributed by atoms with E-state index < -0.39 is 0 Å². The number of aromatic nitrogens is 6. The predicted octanol–water partition coefficient (Wildman–Crippen LogP) is 2.50. The van der Waals surface area contributed by atoms with Gasteiger partial charge >= 0.3 is 0 Å². The first-order valence-corrected chi connectivity index (χ1v) is 11.0. The van der Waals surface area contributed by atoms with E-state index in [1.807, 2.05) is 18.5 Å². The highest BCUT2D eigenvalue weighted by Crippen LogP contribution is 2.39. The average Bonchev–Trinajstić information content (AvgIpc) is 3.43. The minimum absolute atomic E-state index is 0.263. The molecule has 6 rings (SSSR count). The molecule has 162 valence electrons. The van der Waals surface area contributed by atoms with Crippen LogP contribution in [0.25, 0.3) is 5.65 Å². The molecule has 1 aliphatic carbocycles. The van der Waals surface area contributed by atoms with Crippen LogP contribution >= 0.6 is 0 Å². The van der Waals surface area contributed by atoms with Gasteiger partial charge in [-0.3, -0.25) is 9.78 Å². The molecule has 9 nitrogen and oxygen atoms in total. The van der Waals surface area contributed by atoms with E-state index in [-0.39, 0.29) is 11.6 Å². The van der Waals surface area contributed by atoms with Crippen LogP contribution < -0.4 is 10.1 Å². The van der Waals surface area contributed by atoms with Crippen molar-refractivity contribution in [1.29, 1.82) is 0 Å². The zero-order valence-electron chi connectivity index (χ0n) is 17.6. The highest BCUT2D eigenvalue weighted by molar-refractivity contribution is 5.91. The van der Waals surface area contributed by atoms with Crippen molar-refractivity contribution >= 4 is 11.6 Å². The van der Waals surface area contributed by atoms with E-state index in [4.69, 9.17) is 4.74 Å². The smallest absolute Gasteiger partial charge is 0.273 e. The summed E-state index contributed by atoms with van der Waals surface area (Å²) in [6.45, 7) is 1.47. The van der Waals surface area contributed by atoms with Gasteiger partial charge in [0.15, 0.2) is 5.69 Å². The van der Waals surface area contributed by atoms with Crippen LogP contribution in [-0.2, 0) is 19.5 Å². The van der Waals surface area contributed by atoms with Crippen molar-refractivity contribution in [3.05, 3.63) is 71.2 Å². The number of amides is 1. The molecule has 1 saturated carbocycles. The number of hydrogen-bond donors (Lipinski definition) is 1. The van der Waals surface area contributed by atoms with Crippen LogP contribution in [0.15, 0.2) is 43.0 Å². The maximum atomic E-state index is 12.5. The number of carbonyl (C=O) groups is 1. The molecule has 9 heteroatoms. The first kappa shape index (κ1) is 19.0. The van der Waals surface area contributed by atoms with Gasteiger partial charge in [0.2, 0.25) is 0 Å². The quantitative estimate of drug-likeness (QED) is 0.506. The Kier molecular flexibility index (Phi) is 4.59. The van der Waals surface area contributed by atoms with Crippen molar-refractivity contribution in [3.63, 3.8) is 0 Å². The Balaban J connectivity index is 1.10. The SMILES string of the molecule is O=C(NCc1cc2c(cn1)CCCO2)c1cn(Cc2cn3cc(C4CC4)ccc3n2)nn1. The molecule has 2 aliphatic rings. The van der Waals surface area contributed by atoms with Crippen LogP contribution in [0.3, 0.4) is 0 Å². The summed E-state index contributed by atoms with van der Waals surface area (Å²) in [4.78, 5) is 21.6. The fourth-order valence-electron chi connectivity index (χ4n) is 4.07.